The van der Waals surface area contributed by atoms with E-state index in [4.69, 9.17) is 4.74 Å². The lowest BCUT2D eigenvalue weighted by Gasteiger charge is -2.46. The summed E-state index contributed by atoms with van der Waals surface area (Å²) in [6.45, 7) is 2.44. The Morgan fingerprint density at radius 1 is 1.20 bits per heavy atom. The molecular weight excluding hydrogens is 188 g/mol. The van der Waals surface area contributed by atoms with E-state index in [1.165, 1.54) is 38.5 Å². The van der Waals surface area contributed by atoms with Crippen molar-refractivity contribution in [3.63, 3.8) is 0 Å². The number of hydrogen-bond acceptors (Lipinski definition) is 2. The van der Waals surface area contributed by atoms with Crippen LogP contribution in [0.2, 0.25) is 0 Å². The van der Waals surface area contributed by atoms with Crippen LogP contribution in [0.1, 0.15) is 58.3 Å². The Labute approximate surface area is 92.4 Å². The highest BCUT2D eigenvalue weighted by Gasteiger charge is 2.51. The van der Waals surface area contributed by atoms with Crippen molar-refractivity contribution < 1.29 is 9.53 Å². The molecule has 0 aromatic rings. The van der Waals surface area contributed by atoms with E-state index in [0.29, 0.717) is 12.5 Å². The van der Waals surface area contributed by atoms with Gasteiger partial charge >= 0.3 is 5.97 Å². The Bertz CT molecular complexity index is 225. The Morgan fingerprint density at radius 2 is 1.87 bits per heavy atom. The summed E-state index contributed by atoms with van der Waals surface area (Å²) in [5, 5.41) is 0. The smallest absolute Gasteiger partial charge is 0.312 e. The summed E-state index contributed by atoms with van der Waals surface area (Å²) < 4.78 is 5.26. The van der Waals surface area contributed by atoms with Gasteiger partial charge < -0.3 is 4.74 Å². The second-order valence-electron chi connectivity index (χ2n) is 5.07. The van der Waals surface area contributed by atoms with E-state index in [2.05, 4.69) is 0 Å². The van der Waals surface area contributed by atoms with Gasteiger partial charge in [0.25, 0.3) is 0 Å². The fraction of sp³-hybridized carbons (Fsp3) is 0.923. The Balaban J connectivity index is 2.03. The van der Waals surface area contributed by atoms with Crippen LogP contribution >= 0.6 is 0 Å². The largest absolute Gasteiger partial charge is 0.466 e. The van der Waals surface area contributed by atoms with Crippen LogP contribution < -0.4 is 0 Å². The molecule has 0 spiro atoms. The molecule has 0 radical (unpaired) electrons. The third kappa shape index (κ3) is 1.91. The number of esters is 1. The number of carbonyl (C=O) groups is 1. The average Bonchev–Trinajstić information content (AvgIpc) is 2.18. The lowest BCUT2D eigenvalue weighted by atomic mass is 9.57. The van der Waals surface area contributed by atoms with Crippen molar-refractivity contribution in [1.82, 2.24) is 0 Å². The summed E-state index contributed by atoms with van der Waals surface area (Å²) >= 11 is 0. The first kappa shape index (κ1) is 11.0. The zero-order valence-corrected chi connectivity index (χ0v) is 9.76. The lowest BCUT2D eigenvalue weighted by Crippen LogP contribution is -2.46. The monoisotopic (exact) mass is 210 g/mol. The van der Waals surface area contributed by atoms with Gasteiger partial charge in [0.2, 0.25) is 0 Å². The van der Waals surface area contributed by atoms with Gasteiger partial charge in [0, 0.05) is 0 Å². The summed E-state index contributed by atoms with van der Waals surface area (Å²) in [4.78, 5) is 12.0. The highest BCUT2D eigenvalue weighted by atomic mass is 16.5. The van der Waals surface area contributed by atoms with Crippen molar-refractivity contribution >= 4 is 5.97 Å². The van der Waals surface area contributed by atoms with Crippen LogP contribution in [0.3, 0.4) is 0 Å². The third-order valence-electron chi connectivity index (χ3n) is 4.31. The molecule has 0 aromatic heterocycles. The predicted octanol–water partition coefficient (Wildman–Crippen LogP) is 3.30. The SMILES string of the molecule is CCOC(=O)C1(C2CCCCC2)CCC1. The van der Waals surface area contributed by atoms with Crippen LogP contribution in [0.5, 0.6) is 0 Å². The van der Waals surface area contributed by atoms with Gasteiger partial charge in [-0.05, 0) is 38.5 Å². The Kier molecular flexibility index (Phi) is 3.32. The van der Waals surface area contributed by atoms with E-state index in [0.717, 1.165) is 12.8 Å². The number of hydrogen-bond donors (Lipinski definition) is 0. The molecule has 0 unspecified atom stereocenters. The molecule has 86 valence electrons. The normalized spacial score (nSPS) is 25.7. The predicted molar refractivity (Wildman–Crippen MR) is 59.5 cm³/mol. The van der Waals surface area contributed by atoms with Crippen LogP contribution in [0, 0.1) is 11.3 Å². The van der Waals surface area contributed by atoms with Crippen LogP contribution in [-0.4, -0.2) is 12.6 Å². The lowest BCUT2D eigenvalue weighted by molar-refractivity contribution is -0.167. The van der Waals surface area contributed by atoms with E-state index < -0.39 is 0 Å². The Morgan fingerprint density at radius 3 is 2.33 bits per heavy atom. The van der Waals surface area contributed by atoms with Crippen molar-refractivity contribution in [1.29, 1.82) is 0 Å². The van der Waals surface area contributed by atoms with Crippen molar-refractivity contribution in [2.75, 3.05) is 6.61 Å². The number of rotatable bonds is 3. The van der Waals surface area contributed by atoms with Gasteiger partial charge in [-0.3, -0.25) is 4.79 Å². The molecule has 15 heavy (non-hydrogen) atoms. The summed E-state index contributed by atoms with van der Waals surface area (Å²) in [7, 11) is 0. The molecular formula is C13H22O2. The van der Waals surface area contributed by atoms with E-state index in [1.54, 1.807) is 0 Å². The molecule has 0 atom stereocenters. The fourth-order valence-corrected chi connectivity index (χ4v) is 3.27. The molecule has 2 aliphatic rings. The van der Waals surface area contributed by atoms with Crippen molar-refractivity contribution in [2.24, 2.45) is 11.3 Å². The molecule has 0 heterocycles. The molecule has 0 aromatic carbocycles. The summed E-state index contributed by atoms with van der Waals surface area (Å²) in [6.07, 6.45) is 9.85. The minimum absolute atomic E-state index is 0.0591. The van der Waals surface area contributed by atoms with Gasteiger partial charge in [-0.15, -0.1) is 0 Å². The van der Waals surface area contributed by atoms with E-state index >= 15 is 0 Å². The maximum absolute atomic E-state index is 12.0. The zero-order chi connectivity index (χ0) is 10.7. The first-order valence-corrected chi connectivity index (χ1v) is 6.47. The molecule has 0 bridgehead atoms. The molecule has 0 N–H and O–H groups in total. The van der Waals surface area contributed by atoms with Crippen molar-refractivity contribution in [2.45, 2.75) is 58.3 Å². The third-order valence-corrected chi connectivity index (χ3v) is 4.31. The summed E-state index contributed by atoms with van der Waals surface area (Å²) in [5.74, 6) is 0.724. The molecule has 0 amide bonds. The second-order valence-corrected chi connectivity index (χ2v) is 5.07. The molecule has 2 fully saturated rings. The summed E-state index contributed by atoms with van der Waals surface area (Å²) in [6, 6.07) is 0. The highest BCUT2D eigenvalue weighted by Crippen LogP contribution is 2.52. The quantitative estimate of drug-likeness (QED) is 0.668. The number of ether oxygens (including phenoxy) is 1. The van der Waals surface area contributed by atoms with E-state index in [1.807, 2.05) is 6.92 Å². The van der Waals surface area contributed by atoms with Gasteiger partial charge in [-0.25, -0.2) is 0 Å². The molecule has 2 aliphatic carbocycles. The first-order valence-electron chi connectivity index (χ1n) is 6.47. The maximum Gasteiger partial charge on any atom is 0.312 e. The first-order chi connectivity index (χ1) is 7.29. The average molecular weight is 210 g/mol. The summed E-state index contributed by atoms with van der Waals surface area (Å²) in [5.41, 5.74) is -0.0591. The molecule has 0 saturated heterocycles. The van der Waals surface area contributed by atoms with Gasteiger partial charge in [-0.2, -0.15) is 0 Å². The molecule has 2 nitrogen and oxygen atoms in total. The van der Waals surface area contributed by atoms with Gasteiger partial charge in [-0.1, -0.05) is 25.7 Å². The van der Waals surface area contributed by atoms with E-state index in [9.17, 15) is 4.79 Å². The van der Waals surface area contributed by atoms with Gasteiger partial charge in [0.05, 0.1) is 12.0 Å². The van der Waals surface area contributed by atoms with Gasteiger partial charge in [0.15, 0.2) is 0 Å². The topological polar surface area (TPSA) is 26.3 Å². The van der Waals surface area contributed by atoms with Crippen LogP contribution in [0.25, 0.3) is 0 Å². The van der Waals surface area contributed by atoms with Crippen molar-refractivity contribution in [3.05, 3.63) is 0 Å². The molecule has 0 aliphatic heterocycles. The zero-order valence-electron chi connectivity index (χ0n) is 9.76. The van der Waals surface area contributed by atoms with Gasteiger partial charge in [0.1, 0.15) is 0 Å². The van der Waals surface area contributed by atoms with Crippen LogP contribution in [-0.2, 0) is 9.53 Å². The van der Waals surface area contributed by atoms with E-state index in [-0.39, 0.29) is 11.4 Å². The van der Waals surface area contributed by atoms with Crippen molar-refractivity contribution in [3.8, 4) is 0 Å². The Hall–Kier alpha value is -0.530. The standard InChI is InChI=1S/C13H22O2/c1-2-15-12(14)13(9-6-10-13)11-7-4-3-5-8-11/h11H,2-10H2,1H3. The second kappa shape index (κ2) is 4.54. The van der Waals surface area contributed by atoms with Crippen LogP contribution in [0.4, 0.5) is 0 Å². The minimum Gasteiger partial charge on any atom is -0.466 e. The fourth-order valence-electron chi connectivity index (χ4n) is 3.27. The molecule has 2 saturated carbocycles. The maximum atomic E-state index is 12.0. The molecule has 2 heteroatoms. The molecule has 2 rings (SSSR count). The van der Waals surface area contributed by atoms with Crippen LogP contribution in [0.15, 0.2) is 0 Å². The minimum atomic E-state index is -0.0591. The number of carbonyl (C=O) groups excluding carboxylic acids is 1. The highest BCUT2D eigenvalue weighted by molar-refractivity contribution is 5.78.